The Morgan fingerprint density at radius 2 is 0.855 bits per heavy atom. The van der Waals surface area contributed by atoms with Gasteiger partial charge in [-0.05, 0) is 69.2 Å². The van der Waals surface area contributed by atoms with Crippen molar-refractivity contribution in [3.05, 3.63) is 206 Å². The Kier molecular flexibility index (Phi) is 7.54. The second kappa shape index (κ2) is 13.6. The number of fused-ring (bicyclic) bond motifs is 6. The minimum atomic E-state index is 0.584. The van der Waals surface area contributed by atoms with E-state index in [1.54, 1.807) is 0 Å². The second-order valence-corrected chi connectivity index (χ2v) is 15.9. The molecule has 0 radical (unpaired) electrons. The highest BCUT2D eigenvalue weighted by Gasteiger charge is 2.24. The van der Waals surface area contributed by atoms with Crippen molar-refractivity contribution in [1.82, 2.24) is 19.5 Å². The smallest absolute Gasteiger partial charge is 0.164 e. The van der Waals surface area contributed by atoms with Crippen LogP contribution >= 0.6 is 0 Å². The maximum atomic E-state index is 6.99. The molecule has 0 saturated heterocycles. The van der Waals surface area contributed by atoms with Gasteiger partial charge in [0, 0.05) is 54.9 Å². The zero-order valence-corrected chi connectivity index (χ0v) is 33.3. The molecular formula is C57H34N4O. The zero-order valence-electron chi connectivity index (χ0n) is 33.3. The largest absolute Gasteiger partial charge is 0.455 e. The molecule has 5 heteroatoms. The number of hydrogen-bond acceptors (Lipinski definition) is 4. The van der Waals surface area contributed by atoms with Gasteiger partial charge < -0.3 is 8.98 Å². The molecule has 5 nitrogen and oxygen atoms in total. The highest BCUT2D eigenvalue weighted by Crippen LogP contribution is 2.48. The van der Waals surface area contributed by atoms with Crippen LogP contribution in [0.2, 0.25) is 0 Å². The number of furan rings is 1. The number of para-hydroxylation sites is 2. The molecule has 3 aromatic heterocycles. The molecule has 0 bridgehead atoms. The Morgan fingerprint density at radius 1 is 0.323 bits per heavy atom. The van der Waals surface area contributed by atoms with Crippen LogP contribution in [0.3, 0.4) is 0 Å². The summed E-state index contributed by atoms with van der Waals surface area (Å²) in [5.41, 5.74) is 12.4. The van der Waals surface area contributed by atoms with Crippen LogP contribution in [-0.4, -0.2) is 19.5 Å². The lowest BCUT2D eigenvalue weighted by Crippen LogP contribution is -2.00. The van der Waals surface area contributed by atoms with E-state index in [4.69, 9.17) is 19.4 Å². The molecular weight excluding hydrogens is 757 g/mol. The molecule has 0 amide bonds. The number of rotatable bonds is 6. The van der Waals surface area contributed by atoms with Gasteiger partial charge in [-0.15, -0.1) is 0 Å². The van der Waals surface area contributed by atoms with Crippen molar-refractivity contribution in [3.8, 4) is 62.1 Å². The van der Waals surface area contributed by atoms with Gasteiger partial charge in [-0.2, -0.15) is 0 Å². The third kappa shape index (κ3) is 5.25. The van der Waals surface area contributed by atoms with Crippen molar-refractivity contribution in [2.24, 2.45) is 0 Å². The van der Waals surface area contributed by atoms with Crippen molar-refractivity contribution in [3.63, 3.8) is 0 Å². The summed E-state index contributed by atoms with van der Waals surface area (Å²) in [6, 6.07) is 72.5. The summed E-state index contributed by atoms with van der Waals surface area (Å²) in [5, 5.41) is 9.60. The molecule has 0 N–H and O–H groups in total. The molecule has 0 spiro atoms. The van der Waals surface area contributed by atoms with Crippen LogP contribution in [0.25, 0.3) is 127 Å². The van der Waals surface area contributed by atoms with Crippen LogP contribution in [0.4, 0.5) is 0 Å². The summed E-state index contributed by atoms with van der Waals surface area (Å²) in [7, 11) is 0. The Labute approximate surface area is 356 Å². The first kappa shape index (κ1) is 34.5. The average Bonchev–Trinajstić information content (AvgIpc) is 3.90. The Hall–Kier alpha value is -8.41. The fourth-order valence-electron chi connectivity index (χ4n) is 9.61. The van der Waals surface area contributed by atoms with Gasteiger partial charge in [-0.25, -0.2) is 15.0 Å². The number of benzene rings is 10. The van der Waals surface area contributed by atoms with Gasteiger partial charge in [-0.3, -0.25) is 0 Å². The van der Waals surface area contributed by atoms with Gasteiger partial charge >= 0.3 is 0 Å². The fraction of sp³-hybridized carbons (Fsp3) is 0. The van der Waals surface area contributed by atoms with Crippen LogP contribution in [0.5, 0.6) is 0 Å². The number of nitrogens with zero attached hydrogens (tertiary/aromatic N) is 4. The molecule has 288 valence electrons. The van der Waals surface area contributed by atoms with E-state index < -0.39 is 0 Å². The van der Waals surface area contributed by atoms with Crippen LogP contribution in [-0.2, 0) is 0 Å². The molecule has 0 unspecified atom stereocenters. The van der Waals surface area contributed by atoms with Gasteiger partial charge in [0.1, 0.15) is 11.2 Å². The lowest BCUT2D eigenvalue weighted by molar-refractivity contribution is 0.670. The van der Waals surface area contributed by atoms with Crippen molar-refractivity contribution in [2.75, 3.05) is 0 Å². The molecule has 0 fully saturated rings. The minimum absolute atomic E-state index is 0.584. The summed E-state index contributed by atoms with van der Waals surface area (Å²) in [4.78, 5) is 15.1. The van der Waals surface area contributed by atoms with Gasteiger partial charge in [0.05, 0.1) is 11.0 Å². The van der Waals surface area contributed by atoms with Gasteiger partial charge in [0.2, 0.25) is 0 Å². The molecule has 0 aliphatic carbocycles. The highest BCUT2D eigenvalue weighted by molar-refractivity contribution is 6.37. The Bertz CT molecular complexity index is 3830. The van der Waals surface area contributed by atoms with Gasteiger partial charge in [0.25, 0.3) is 0 Å². The van der Waals surface area contributed by atoms with Crippen molar-refractivity contribution in [1.29, 1.82) is 0 Å². The minimum Gasteiger partial charge on any atom is -0.455 e. The van der Waals surface area contributed by atoms with E-state index in [0.717, 1.165) is 66.6 Å². The first-order chi connectivity index (χ1) is 30.7. The first-order valence-electron chi connectivity index (χ1n) is 20.9. The number of hydrogen-bond donors (Lipinski definition) is 0. The monoisotopic (exact) mass is 790 g/mol. The summed E-state index contributed by atoms with van der Waals surface area (Å²) in [5.74, 6) is 1.81. The maximum Gasteiger partial charge on any atom is 0.164 e. The summed E-state index contributed by atoms with van der Waals surface area (Å²) in [6.07, 6.45) is 0. The Morgan fingerprint density at radius 3 is 1.61 bits per heavy atom. The van der Waals surface area contributed by atoms with E-state index in [-0.39, 0.29) is 0 Å². The summed E-state index contributed by atoms with van der Waals surface area (Å²) < 4.78 is 9.39. The zero-order chi connectivity index (χ0) is 40.7. The SMILES string of the molecule is c1ccc(-c2ccc(-c3nc(-c4ccccc4)nc(-c4ccc5c(c4)oc4c(-c6ccc7c8c6c6ccccc6c6cccc(c68)n7-c6ccccc6)cccc45)n3)cc2)cc1. The van der Waals surface area contributed by atoms with Crippen LogP contribution in [0, 0.1) is 0 Å². The van der Waals surface area contributed by atoms with Crippen LogP contribution < -0.4 is 0 Å². The maximum absolute atomic E-state index is 6.99. The molecule has 0 saturated carbocycles. The highest BCUT2D eigenvalue weighted by atomic mass is 16.3. The van der Waals surface area contributed by atoms with E-state index in [1.807, 2.05) is 36.4 Å². The summed E-state index contributed by atoms with van der Waals surface area (Å²) in [6.45, 7) is 0. The van der Waals surface area contributed by atoms with E-state index in [2.05, 4.69) is 174 Å². The van der Waals surface area contributed by atoms with E-state index in [9.17, 15) is 0 Å². The van der Waals surface area contributed by atoms with Crippen molar-refractivity contribution < 1.29 is 4.42 Å². The Balaban J connectivity index is 0.993. The third-order valence-electron chi connectivity index (χ3n) is 12.4. The van der Waals surface area contributed by atoms with E-state index >= 15 is 0 Å². The topological polar surface area (TPSA) is 56.7 Å². The fourth-order valence-corrected chi connectivity index (χ4v) is 9.61. The molecule has 0 aliphatic rings. The van der Waals surface area contributed by atoms with E-state index in [0.29, 0.717) is 17.5 Å². The van der Waals surface area contributed by atoms with Gasteiger partial charge in [0.15, 0.2) is 17.5 Å². The quantitative estimate of drug-likeness (QED) is 0.157. The van der Waals surface area contributed by atoms with Crippen molar-refractivity contribution in [2.45, 2.75) is 0 Å². The van der Waals surface area contributed by atoms with Gasteiger partial charge in [-0.1, -0.05) is 170 Å². The summed E-state index contributed by atoms with van der Waals surface area (Å²) >= 11 is 0. The van der Waals surface area contributed by atoms with E-state index in [1.165, 1.54) is 43.4 Å². The predicted octanol–water partition coefficient (Wildman–Crippen LogP) is 14.9. The molecule has 13 rings (SSSR count). The molecule has 0 aliphatic heterocycles. The lowest BCUT2D eigenvalue weighted by atomic mass is 9.89. The van der Waals surface area contributed by atoms with Crippen LogP contribution in [0.1, 0.15) is 0 Å². The van der Waals surface area contributed by atoms with Crippen LogP contribution in [0.15, 0.2) is 211 Å². The van der Waals surface area contributed by atoms with Crippen molar-refractivity contribution >= 4 is 65.3 Å². The lowest BCUT2D eigenvalue weighted by Gasteiger charge is -2.13. The first-order valence-corrected chi connectivity index (χ1v) is 20.9. The molecule has 3 heterocycles. The molecule has 62 heavy (non-hydrogen) atoms. The third-order valence-corrected chi connectivity index (χ3v) is 12.4. The number of aromatic nitrogens is 4. The predicted molar refractivity (Wildman–Crippen MR) is 255 cm³/mol. The molecule has 0 atom stereocenters. The normalized spacial score (nSPS) is 11.9. The standard InChI is InChI=1S/C57H34N4O/c1-4-14-35(15-5-1)36-26-28-38(29-27-36)56-58-55(37-16-6-2-7-17-37)59-57(60-56)39-30-31-42-46-23-12-24-47(54(46)62-50(42)34-39)45-32-33-49-53-51(45)43-21-11-10-20-41(43)44-22-13-25-48(52(44)53)61(49)40-18-8-3-9-19-40/h1-34H. The molecule has 13 aromatic rings. The second-order valence-electron chi connectivity index (χ2n) is 15.9. The molecule has 10 aromatic carbocycles. The average molecular weight is 791 g/mol.